The van der Waals surface area contributed by atoms with Crippen LogP contribution in [0, 0.1) is 0 Å². The molecule has 0 bridgehead atoms. The van der Waals surface area contributed by atoms with Crippen LogP contribution < -0.4 is 10.0 Å². The van der Waals surface area contributed by atoms with Gasteiger partial charge in [-0.05, 0) is 36.4 Å². The van der Waals surface area contributed by atoms with Crippen molar-refractivity contribution in [2.24, 2.45) is 0 Å². The Morgan fingerprint density at radius 3 is 2.48 bits per heavy atom. The van der Waals surface area contributed by atoms with Crippen LogP contribution in [0.3, 0.4) is 0 Å². The van der Waals surface area contributed by atoms with E-state index in [0.29, 0.717) is 11.4 Å². The highest BCUT2D eigenvalue weighted by atomic mass is 32.2. The van der Waals surface area contributed by atoms with Crippen LogP contribution in [0.1, 0.15) is 10.5 Å². The molecule has 2 heterocycles. The minimum Gasteiger partial charge on any atom is -0.321 e. The third-order valence-electron chi connectivity index (χ3n) is 3.98. The molecule has 0 saturated carbocycles. The molecule has 29 heavy (non-hydrogen) atoms. The number of para-hydroxylation sites is 1. The van der Waals surface area contributed by atoms with Crippen LogP contribution >= 0.6 is 11.3 Å². The van der Waals surface area contributed by atoms with Crippen molar-refractivity contribution in [3.63, 3.8) is 0 Å². The van der Waals surface area contributed by atoms with Crippen LogP contribution in [0.4, 0.5) is 10.8 Å². The maximum atomic E-state index is 12.7. The van der Waals surface area contributed by atoms with Crippen molar-refractivity contribution in [1.82, 2.24) is 14.5 Å². The molecule has 0 fully saturated rings. The molecule has 0 aliphatic carbocycles. The molecule has 146 valence electrons. The van der Waals surface area contributed by atoms with Gasteiger partial charge in [-0.2, -0.15) is 0 Å². The van der Waals surface area contributed by atoms with Crippen LogP contribution in [0.5, 0.6) is 0 Å². The summed E-state index contributed by atoms with van der Waals surface area (Å²) in [4.78, 5) is 20.7. The van der Waals surface area contributed by atoms with E-state index in [1.807, 2.05) is 30.3 Å². The van der Waals surface area contributed by atoms with Crippen molar-refractivity contribution >= 4 is 38.1 Å². The van der Waals surface area contributed by atoms with Gasteiger partial charge in [0.2, 0.25) is 0 Å². The van der Waals surface area contributed by atoms with Crippen molar-refractivity contribution in [3.05, 3.63) is 84.4 Å². The lowest BCUT2D eigenvalue weighted by Crippen LogP contribution is -2.16. The summed E-state index contributed by atoms with van der Waals surface area (Å²) in [7, 11) is -3.74. The van der Waals surface area contributed by atoms with Crippen LogP contribution in [0.15, 0.2) is 83.6 Å². The maximum Gasteiger partial charge on any atom is 0.274 e. The highest BCUT2D eigenvalue weighted by Crippen LogP contribution is 2.20. The number of hydrogen-bond donors (Lipinski definition) is 2. The Hall–Kier alpha value is -3.50. The van der Waals surface area contributed by atoms with Gasteiger partial charge in [0.25, 0.3) is 15.9 Å². The fourth-order valence-corrected chi connectivity index (χ4v) is 4.41. The lowest BCUT2D eigenvalue weighted by atomic mass is 10.3. The second kappa shape index (κ2) is 7.86. The monoisotopic (exact) mass is 425 g/mol. The van der Waals surface area contributed by atoms with Crippen molar-refractivity contribution in [2.75, 3.05) is 10.0 Å². The van der Waals surface area contributed by atoms with Gasteiger partial charge < -0.3 is 5.32 Å². The van der Waals surface area contributed by atoms with E-state index in [1.54, 1.807) is 16.3 Å². The number of amides is 1. The topological polar surface area (TPSA) is 106 Å². The fraction of sp³-hybridized carbons (Fsp3) is 0. The molecule has 4 rings (SSSR count). The first kappa shape index (κ1) is 18.8. The van der Waals surface area contributed by atoms with Crippen molar-refractivity contribution in [1.29, 1.82) is 0 Å². The molecule has 2 aromatic carbocycles. The molecule has 4 aromatic rings. The number of nitrogens with zero attached hydrogens (tertiary/aromatic N) is 3. The number of carbonyl (C=O) groups is 1. The molecular formula is C19H15N5O3S2. The molecule has 0 radical (unpaired) electrons. The lowest BCUT2D eigenvalue weighted by Gasteiger charge is -2.10. The average molecular weight is 425 g/mol. The number of aromatic nitrogens is 3. The summed E-state index contributed by atoms with van der Waals surface area (Å²) in [6.45, 7) is 0. The molecule has 2 N–H and O–H groups in total. The van der Waals surface area contributed by atoms with Crippen molar-refractivity contribution in [2.45, 2.75) is 4.90 Å². The molecule has 0 aliphatic rings. The van der Waals surface area contributed by atoms with Gasteiger partial charge in [0.05, 0.1) is 17.4 Å². The Morgan fingerprint density at radius 1 is 1.03 bits per heavy atom. The number of sulfonamides is 1. The second-order valence-electron chi connectivity index (χ2n) is 5.91. The number of anilines is 2. The van der Waals surface area contributed by atoms with E-state index in [1.165, 1.54) is 48.0 Å². The van der Waals surface area contributed by atoms with E-state index in [4.69, 9.17) is 0 Å². The molecule has 0 spiro atoms. The minimum absolute atomic E-state index is 0.0695. The average Bonchev–Trinajstić information content (AvgIpc) is 3.41. The normalized spacial score (nSPS) is 11.2. The summed E-state index contributed by atoms with van der Waals surface area (Å²) in [6.07, 6.45) is 4.55. The Morgan fingerprint density at radius 2 is 1.79 bits per heavy atom. The largest absolute Gasteiger partial charge is 0.321 e. The molecule has 10 heteroatoms. The summed E-state index contributed by atoms with van der Waals surface area (Å²) in [5, 5.41) is 4.72. The Bertz CT molecular complexity index is 1220. The first-order valence-electron chi connectivity index (χ1n) is 8.44. The zero-order valence-corrected chi connectivity index (χ0v) is 16.5. The van der Waals surface area contributed by atoms with E-state index in [0.717, 1.165) is 5.69 Å². The van der Waals surface area contributed by atoms with Gasteiger partial charge in [-0.3, -0.25) is 14.1 Å². The zero-order valence-electron chi connectivity index (χ0n) is 14.9. The number of thiazole rings is 1. The second-order valence-corrected chi connectivity index (χ2v) is 8.48. The van der Waals surface area contributed by atoms with Gasteiger partial charge in [0.15, 0.2) is 5.13 Å². The predicted octanol–water partition coefficient (Wildman–Crippen LogP) is 3.38. The zero-order chi connectivity index (χ0) is 20.3. The molecule has 0 atom stereocenters. The number of imidazole rings is 1. The maximum absolute atomic E-state index is 12.7. The number of rotatable bonds is 6. The Labute approximate surface area is 170 Å². The van der Waals surface area contributed by atoms with Crippen molar-refractivity contribution in [3.8, 4) is 5.69 Å². The Balaban J connectivity index is 1.50. The molecule has 0 aliphatic heterocycles. The highest BCUT2D eigenvalue weighted by Gasteiger charge is 2.17. The van der Waals surface area contributed by atoms with Crippen molar-refractivity contribution < 1.29 is 13.2 Å². The smallest absolute Gasteiger partial charge is 0.274 e. The van der Waals surface area contributed by atoms with E-state index in [9.17, 15) is 13.2 Å². The highest BCUT2D eigenvalue weighted by molar-refractivity contribution is 7.93. The van der Waals surface area contributed by atoms with E-state index < -0.39 is 10.0 Å². The third kappa shape index (κ3) is 4.18. The summed E-state index contributed by atoms with van der Waals surface area (Å²) >= 11 is 1.19. The fourth-order valence-electron chi connectivity index (χ4n) is 2.62. The number of hydrogen-bond acceptors (Lipinski definition) is 6. The predicted molar refractivity (Wildman–Crippen MR) is 111 cm³/mol. The van der Waals surface area contributed by atoms with E-state index >= 15 is 0 Å². The third-order valence-corrected chi connectivity index (χ3v) is 6.15. The molecule has 1 amide bonds. The lowest BCUT2D eigenvalue weighted by molar-refractivity contribution is 0.102. The van der Waals surface area contributed by atoms with Crippen LogP contribution in [-0.4, -0.2) is 28.9 Å². The quantitative estimate of drug-likeness (QED) is 0.493. The van der Waals surface area contributed by atoms with Gasteiger partial charge in [0.1, 0.15) is 5.69 Å². The van der Waals surface area contributed by atoms with E-state index in [2.05, 4.69) is 20.0 Å². The summed E-state index contributed by atoms with van der Waals surface area (Å²) in [5.41, 5.74) is 1.63. The molecule has 8 nitrogen and oxygen atoms in total. The van der Waals surface area contributed by atoms with Gasteiger partial charge in [-0.1, -0.05) is 18.2 Å². The number of nitrogens with one attached hydrogen (secondary N) is 2. The van der Waals surface area contributed by atoms with Gasteiger partial charge in [0, 0.05) is 23.0 Å². The van der Waals surface area contributed by atoms with Gasteiger partial charge >= 0.3 is 0 Å². The first-order valence-corrected chi connectivity index (χ1v) is 10.8. The van der Waals surface area contributed by atoms with Crippen LogP contribution in [0.25, 0.3) is 5.69 Å². The van der Waals surface area contributed by atoms with Crippen LogP contribution in [0.2, 0.25) is 0 Å². The number of carbonyl (C=O) groups excluding carboxylic acids is 1. The van der Waals surface area contributed by atoms with E-state index in [-0.39, 0.29) is 15.9 Å². The SMILES string of the molecule is O=C(Nc1ccc(S(=O)(=O)Nc2nccs2)cc1)c1cncn1-c1ccccc1. The van der Waals surface area contributed by atoms with Crippen LogP contribution in [-0.2, 0) is 10.0 Å². The summed E-state index contributed by atoms with van der Waals surface area (Å²) in [6, 6.07) is 15.3. The summed E-state index contributed by atoms with van der Waals surface area (Å²) < 4.78 is 28.8. The first-order chi connectivity index (χ1) is 14.0. The molecular weight excluding hydrogens is 410 g/mol. The van der Waals surface area contributed by atoms with Gasteiger partial charge in [-0.15, -0.1) is 11.3 Å². The number of benzene rings is 2. The molecule has 0 saturated heterocycles. The molecule has 0 unspecified atom stereocenters. The van der Waals surface area contributed by atoms with Gasteiger partial charge in [-0.25, -0.2) is 18.4 Å². The Kier molecular flexibility index (Phi) is 5.10. The molecule has 2 aromatic heterocycles. The standard InChI is InChI=1S/C19H15N5O3S2/c25-18(17-12-20-13-24(17)15-4-2-1-3-5-15)22-14-6-8-16(9-7-14)29(26,27)23-19-21-10-11-28-19/h1-13H,(H,21,23)(H,22,25). The minimum atomic E-state index is -3.74. The summed E-state index contributed by atoms with van der Waals surface area (Å²) in [5.74, 6) is -0.358.